The highest BCUT2D eigenvalue weighted by molar-refractivity contribution is 9.10. The average Bonchev–Trinajstić information content (AvgIpc) is 2.47. The van der Waals surface area contributed by atoms with Crippen LogP contribution in [0.3, 0.4) is 0 Å². The van der Waals surface area contributed by atoms with Crippen molar-refractivity contribution < 1.29 is 9.47 Å². The third-order valence-electron chi connectivity index (χ3n) is 2.85. The molecule has 0 spiro atoms. The number of nitrogens with zero attached hydrogens (tertiary/aromatic N) is 1. The molecule has 2 aromatic rings. The first-order valence-corrected chi connectivity index (χ1v) is 7.56. The number of pyridine rings is 1. The van der Waals surface area contributed by atoms with Gasteiger partial charge >= 0.3 is 0 Å². The number of hydrogen-bond donors (Lipinski definition) is 1. The smallest absolute Gasteiger partial charge is 0.146 e. The molecule has 1 aromatic carbocycles. The number of halogens is 1. The van der Waals surface area contributed by atoms with Gasteiger partial charge in [0.05, 0.1) is 17.8 Å². The van der Waals surface area contributed by atoms with Crippen LogP contribution in [0.2, 0.25) is 0 Å². The molecule has 0 saturated heterocycles. The topological polar surface area (TPSA) is 43.4 Å². The van der Waals surface area contributed by atoms with Gasteiger partial charge < -0.3 is 14.8 Å². The Morgan fingerprint density at radius 1 is 1.19 bits per heavy atom. The number of benzene rings is 1. The fraction of sp³-hybridized carbons (Fsp3) is 0.312. The first-order valence-electron chi connectivity index (χ1n) is 6.77. The predicted octanol–water partition coefficient (Wildman–Crippen LogP) is 4.14. The van der Waals surface area contributed by atoms with E-state index in [4.69, 9.17) is 9.47 Å². The van der Waals surface area contributed by atoms with Crippen molar-refractivity contribution >= 4 is 15.9 Å². The Balaban J connectivity index is 2.10. The van der Waals surface area contributed by atoms with Gasteiger partial charge in [0.15, 0.2) is 0 Å². The number of rotatable bonds is 6. The Hall–Kier alpha value is -1.59. The van der Waals surface area contributed by atoms with Gasteiger partial charge in [-0.1, -0.05) is 13.8 Å². The molecule has 0 aliphatic carbocycles. The summed E-state index contributed by atoms with van der Waals surface area (Å²) in [6.07, 6.45) is 3.54. The molecule has 0 saturated carbocycles. The molecule has 0 bridgehead atoms. The minimum Gasteiger partial charge on any atom is -0.497 e. The second-order valence-electron chi connectivity index (χ2n) is 4.96. The van der Waals surface area contributed by atoms with Crippen LogP contribution < -0.4 is 14.8 Å². The fourth-order valence-electron chi connectivity index (χ4n) is 1.76. The number of ether oxygens (including phenoxy) is 2. The van der Waals surface area contributed by atoms with E-state index < -0.39 is 0 Å². The molecule has 0 aliphatic heterocycles. The molecule has 0 atom stereocenters. The zero-order valence-electron chi connectivity index (χ0n) is 12.4. The third kappa shape index (κ3) is 4.72. The number of methoxy groups -OCH3 is 1. The summed E-state index contributed by atoms with van der Waals surface area (Å²) in [5.41, 5.74) is 1.09. The Labute approximate surface area is 133 Å². The van der Waals surface area contributed by atoms with Crippen LogP contribution in [0.5, 0.6) is 17.2 Å². The summed E-state index contributed by atoms with van der Waals surface area (Å²) in [6.45, 7) is 5.00. The standard InChI is InChI=1S/C16H19BrN2O2/c1-11(2)19-9-12-6-14(10-18-8-12)21-16-5-4-13(20-3)7-15(16)17/h4-8,10-11,19H,9H2,1-3H3. The maximum absolute atomic E-state index is 5.86. The van der Waals surface area contributed by atoms with Crippen LogP contribution in [-0.4, -0.2) is 18.1 Å². The van der Waals surface area contributed by atoms with E-state index in [9.17, 15) is 0 Å². The second kappa shape index (κ2) is 7.43. The van der Waals surface area contributed by atoms with Gasteiger partial charge in [-0.15, -0.1) is 0 Å². The Morgan fingerprint density at radius 3 is 2.67 bits per heavy atom. The number of nitrogens with one attached hydrogen (secondary N) is 1. The van der Waals surface area contributed by atoms with Gasteiger partial charge in [0.2, 0.25) is 0 Å². The highest BCUT2D eigenvalue weighted by Crippen LogP contribution is 2.32. The summed E-state index contributed by atoms with van der Waals surface area (Å²) < 4.78 is 11.9. The van der Waals surface area contributed by atoms with Gasteiger partial charge in [0.25, 0.3) is 0 Å². The molecular weight excluding hydrogens is 332 g/mol. The summed E-state index contributed by atoms with van der Waals surface area (Å²) in [7, 11) is 1.64. The molecule has 4 nitrogen and oxygen atoms in total. The van der Waals surface area contributed by atoms with E-state index in [2.05, 4.69) is 40.1 Å². The molecule has 5 heteroatoms. The molecule has 21 heavy (non-hydrogen) atoms. The van der Waals surface area contributed by atoms with Crippen molar-refractivity contribution in [3.63, 3.8) is 0 Å². The minimum atomic E-state index is 0.435. The molecule has 112 valence electrons. The second-order valence-corrected chi connectivity index (χ2v) is 5.82. The lowest BCUT2D eigenvalue weighted by Crippen LogP contribution is -2.21. The van der Waals surface area contributed by atoms with Crippen molar-refractivity contribution in [3.05, 3.63) is 46.7 Å². The van der Waals surface area contributed by atoms with E-state index in [1.807, 2.05) is 30.5 Å². The van der Waals surface area contributed by atoms with Crippen molar-refractivity contribution in [3.8, 4) is 17.2 Å². The lowest BCUT2D eigenvalue weighted by Gasteiger charge is -2.11. The van der Waals surface area contributed by atoms with Crippen LogP contribution in [0.25, 0.3) is 0 Å². The predicted molar refractivity (Wildman–Crippen MR) is 87.0 cm³/mol. The molecule has 0 unspecified atom stereocenters. The van der Waals surface area contributed by atoms with Crippen LogP contribution in [-0.2, 0) is 6.54 Å². The lowest BCUT2D eigenvalue weighted by atomic mass is 10.2. The first-order chi connectivity index (χ1) is 10.1. The molecule has 0 radical (unpaired) electrons. The zero-order chi connectivity index (χ0) is 15.2. The van der Waals surface area contributed by atoms with Crippen molar-refractivity contribution in [2.75, 3.05) is 7.11 Å². The Kier molecular flexibility index (Phi) is 5.59. The Bertz CT molecular complexity index is 603. The zero-order valence-corrected chi connectivity index (χ0v) is 14.0. The molecule has 0 aliphatic rings. The minimum absolute atomic E-state index is 0.435. The van der Waals surface area contributed by atoms with Crippen LogP contribution in [0.4, 0.5) is 0 Å². The van der Waals surface area contributed by atoms with E-state index in [0.29, 0.717) is 11.8 Å². The van der Waals surface area contributed by atoms with Gasteiger partial charge in [0, 0.05) is 18.8 Å². The number of aromatic nitrogens is 1. The van der Waals surface area contributed by atoms with Crippen molar-refractivity contribution in [1.29, 1.82) is 0 Å². The average molecular weight is 351 g/mol. The molecule has 0 amide bonds. The summed E-state index contributed by atoms with van der Waals surface area (Å²) in [5, 5.41) is 3.36. The van der Waals surface area contributed by atoms with E-state index in [-0.39, 0.29) is 0 Å². The third-order valence-corrected chi connectivity index (χ3v) is 3.47. The summed E-state index contributed by atoms with van der Waals surface area (Å²) in [5.74, 6) is 2.22. The van der Waals surface area contributed by atoms with Gasteiger partial charge in [-0.05, 0) is 45.8 Å². The lowest BCUT2D eigenvalue weighted by molar-refractivity contribution is 0.412. The van der Waals surface area contributed by atoms with Gasteiger partial charge in [-0.25, -0.2) is 0 Å². The largest absolute Gasteiger partial charge is 0.497 e. The Morgan fingerprint density at radius 2 is 2.00 bits per heavy atom. The van der Waals surface area contributed by atoms with Gasteiger partial charge in [0.1, 0.15) is 17.2 Å². The summed E-state index contributed by atoms with van der Waals surface area (Å²) >= 11 is 3.48. The highest BCUT2D eigenvalue weighted by atomic mass is 79.9. The maximum atomic E-state index is 5.86. The quantitative estimate of drug-likeness (QED) is 0.849. The van der Waals surface area contributed by atoms with Crippen molar-refractivity contribution in [1.82, 2.24) is 10.3 Å². The highest BCUT2D eigenvalue weighted by Gasteiger charge is 2.06. The molecule has 1 aromatic heterocycles. The molecule has 1 N–H and O–H groups in total. The van der Waals surface area contributed by atoms with Crippen LogP contribution >= 0.6 is 15.9 Å². The van der Waals surface area contributed by atoms with Crippen LogP contribution in [0.1, 0.15) is 19.4 Å². The van der Waals surface area contributed by atoms with Crippen molar-refractivity contribution in [2.24, 2.45) is 0 Å². The number of hydrogen-bond acceptors (Lipinski definition) is 4. The normalized spacial score (nSPS) is 10.7. The van der Waals surface area contributed by atoms with E-state index >= 15 is 0 Å². The molecule has 2 rings (SSSR count). The molecule has 0 fully saturated rings. The van der Waals surface area contributed by atoms with Crippen LogP contribution in [0, 0.1) is 0 Å². The molecule has 1 heterocycles. The fourth-order valence-corrected chi connectivity index (χ4v) is 2.20. The van der Waals surface area contributed by atoms with Gasteiger partial charge in [-0.3, -0.25) is 4.98 Å². The van der Waals surface area contributed by atoms with E-state index in [0.717, 1.165) is 28.1 Å². The van der Waals surface area contributed by atoms with Crippen molar-refractivity contribution in [2.45, 2.75) is 26.4 Å². The summed E-state index contributed by atoms with van der Waals surface area (Å²) in [6, 6.07) is 8.01. The van der Waals surface area contributed by atoms with E-state index in [1.54, 1.807) is 13.3 Å². The van der Waals surface area contributed by atoms with E-state index in [1.165, 1.54) is 0 Å². The SMILES string of the molecule is COc1ccc(Oc2cncc(CNC(C)C)c2)c(Br)c1. The van der Waals surface area contributed by atoms with Gasteiger partial charge in [-0.2, -0.15) is 0 Å². The first kappa shape index (κ1) is 15.8. The maximum Gasteiger partial charge on any atom is 0.146 e. The van der Waals surface area contributed by atoms with Crippen LogP contribution in [0.15, 0.2) is 41.1 Å². The summed E-state index contributed by atoms with van der Waals surface area (Å²) in [4.78, 5) is 4.22. The monoisotopic (exact) mass is 350 g/mol. The molecular formula is C16H19BrN2O2.